The molecule has 0 spiro atoms. The number of piperidine rings is 1. The van der Waals surface area contributed by atoms with Crippen LogP contribution in [0.2, 0.25) is 0 Å². The zero-order valence-corrected chi connectivity index (χ0v) is 25.0. The molecule has 3 N–H and O–H groups in total. The summed E-state index contributed by atoms with van der Waals surface area (Å²) in [5.74, 6) is -3.82. The molecule has 1 atom stereocenters. The van der Waals surface area contributed by atoms with Crippen LogP contribution in [-0.4, -0.2) is 68.9 Å². The maximum absolute atomic E-state index is 13.0. The minimum atomic E-state index is -5.02. The summed E-state index contributed by atoms with van der Waals surface area (Å²) in [6.07, 6.45) is 0.660. The lowest BCUT2D eigenvalue weighted by molar-refractivity contribution is -0.216. The van der Waals surface area contributed by atoms with Gasteiger partial charge in [0.1, 0.15) is 17.5 Å². The molecule has 1 saturated carbocycles. The number of halogens is 3. The van der Waals surface area contributed by atoms with Crippen LogP contribution in [0.4, 0.5) is 18.9 Å². The average Bonchev–Trinajstić information content (AvgIpc) is 2.98. The number of alkyl halides is 3. The number of carbonyl (C=O) groups is 3. The fourth-order valence-electron chi connectivity index (χ4n) is 6.06. The van der Waals surface area contributed by atoms with Gasteiger partial charge in [0, 0.05) is 31.6 Å². The number of carbonyl (C=O) groups excluding carboxylic acids is 2. The molecule has 10 nitrogen and oxygen atoms in total. The van der Waals surface area contributed by atoms with Crippen molar-refractivity contribution in [2.24, 2.45) is 5.92 Å². The van der Waals surface area contributed by atoms with Gasteiger partial charge in [-0.1, -0.05) is 25.5 Å². The zero-order valence-electron chi connectivity index (χ0n) is 25.0. The van der Waals surface area contributed by atoms with E-state index in [1.807, 2.05) is 24.3 Å². The molecule has 2 aromatic rings. The summed E-state index contributed by atoms with van der Waals surface area (Å²) in [7, 11) is 0. The van der Waals surface area contributed by atoms with Crippen molar-refractivity contribution in [3.63, 3.8) is 0 Å². The van der Waals surface area contributed by atoms with Crippen molar-refractivity contribution in [2.45, 2.75) is 95.9 Å². The predicted octanol–water partition coefficient (Wildman–Crippen LogP) is 4.89. The van der Waals surface area contributed by atoms with Crippen LogP contribution in [0.3, 0.4) is 0 Å². The molecule has 2 heterocycles. The van der Waals surface area contributed by atoms with Gasteiger partial charge >= 0.3 is 18.1 Å². The summed E-state index contributed by atoms with van der Waals surface area (Å²) in [6.45, 7) is 4.69. The van der Waals surface area contributed by atoms with Crippen molar-refractivity contribution in [2.75, 3.05) is 18.0 Å². The zero-order chi connectivity index (χ0) is 32.1. The smallest absolute Gasteiger partial charge is 0.490 e. The maximum Gasteiger partial charge on any atom is 0.490 e. The Balaban J connectivity index is 1.35. The number of rotatable bonds is 10. The summed E-state index contributed by atoms with van der Waals surface area (Å²) in [5.41, 5.74) is 0.649. The topological polar surface area (TPSA) is 142 Å². The first-order valence-corrected chi connectivity index (χ1v) is 15.0. The Morgan fingerprint density at radius 3 is 2.30 bits per heavy atom. The van der Waals surface area contributed by atoms with E-state index >= 15 is 0 Å². The van der Waals surface area contributed by atoms with Crippen LogP contribution in [0.5, 0.6) is 5.75 Å². The van der Waals surface area contributed by atoms with E-state index in [1.165, 1.54) is 0 Å². The number of hydrogen-bond donors (Lipinski definition) is 3. The lowest BCUT2D eigenvalue weighted by Crippen LogP contribution is -2.43. The second kappa shape index (κ2) is 13.8. The van der Waals surface area contributed by atoms with E-state index in [2.05, 4.69) is 20.2 Å². The molecule has 4 rings (SSSR count). The van der Waals surface area contributed by atoms with E-state index in [4.69, 9.17) is 4.74 Å². The number of nitrogens with one attached hydrogen (secondary N) is 1. The molecule has 1 saturated heterocycles. The van der Waals surface area contributed by atoms with E-state index in [0.717, 1.165) is 43.6 Å². The van der Waals surface area contributed by atoms with E-state index in [9.17, 15) is 37.8 Å². The standard InChI is InChI=1S/C31H39F3N4O6/c1-3-23(28(41)42)36-27(40)25-26(39)19(2)35-24(37-25)17-20-11-15-38(16-12-20)22-9-7-21(8-10-22)18-30(13-5-4-6-14-30)44-29(43)31(32,33)34/h7-10,20,23,39H,3-6,11-18H2,1-2H3,(H,36,40)(H,41,42). The number of anilines is 1. The Morgan fingerprint density at radius 2 is 1.73 bits per heavy atom. The number of carboxylic acid groups (broad SMARTS) is 1. The van der Waals surface area contributed by atoms with Gasteiger partial charge in [0.05, 0.1) is 5.69 Å². The number of ether oxygens (including phenoxy) is 1. The average molecular weight is 621 g/mol. The first kappa shape index (κ1) is 33.0. The van der Waals surface area contributed by atoms with Gasteiger partial charge < -0.3 is 25.2 Å². The van der Waals surface area contributed by atoms with Crippen molar-refractivity contribution >= 4 is 23.5 Å². The minimum Gasteiger partial charge on any atom is -0.504 e. The molecule has 13 heteroatoms. The molecular weight excluding hydrogens is 581 g/mol. The molecule has 240 valence electrons. The second-order valence-electron chi connectivity index (χ2n) is 11.8. The van der Waals surface area contributed by atoms with Crippen LogP contribution in [-0.2, 0) is 27.2 Å². The number of aliphatic carboxylic acids is 1. The molecule has 1 aliphatic heterocycles. The van der Waals surface area contributed by atoms with Gasteiger partial charge in [-0.2, -0.15) is 13.2 Å². The molecule has 1 aliphatic carbocycles. The second-order valence-corrected chi connectivity index (χ2v) is 11.8. The largest absolute Gasteiger partial charge is 0.504 e. The molecule has 1 amide bonds. The van der Waals surface area contributed by atoms with Crippen LogP contribution >= 0.6 is 0 Å². The van der Waals surface area contributed by atoms with E-state index in [1.54, 1.807) is 13.8 Å². The summed E-state index contributed by atoms with van der Waals surface area (Å²) < 4.78 is 43.9. The van der Waals surface area contributed by atoms with Gasteiger partial charge in [0.25, 0.3) is 5.91 Å². The molecule has 1 unspecified atom stereocenters. The van der Waals surface area contributed by atoms with Gasteiger partial charge in [0.2, 0.25) is 0 Å². The fourth-order valence-corrected chi connectivity index (χ4v) is 6.06. The first-order chi connectivity index (χ1) is 20.8. The monoisotopic (exact) mass is 620 g/mol. The first-order valence-electron chi connectivity index (χ1n) is 15.0. The third-order valence-electron chi connectivity index (χ3n) is 8.55. The lowest BCUT2D eigenvalue weighted by atomic mass is 9.80. The summed E-state index contributed by atoms with van der Waals surface area (Å²) >= 11 is 0. The number of benzene rings is 1. The summed E-state index contributed by atoms with van der Waals surface area (Å²) in [6, 6.07) is 6.55. The van der Waals surface area contributed by atoms with Gasteiger partial charge in [-0.3, -0.25) is 4.79 Å². The Kier molecular flexibility index (Phi) is 10.4. The Bertz CT molecular complexity index is 1340. The number of esters is 1. The van der Waals surface area contributed by atoms with Gasteiger partial charge in [-0.25, -0.2) is 19.6 Å². The van der Waals surface area contributed by atoms with Gasteiger partial charge in [-0.05, 0) is 75.5 Å². The SMILES string of the molecule is CCC(NC(=O)c1nc(CC2CCN(c3ccc(CC4(OC(=O)C(F)(F)F)CCCCC4)cc3)CC2)nc(C)c1O)C(=O)O. The molecule has 1 aromatic carbocycles. The van der Waals surface area contributed by atoms with Crippen molar-refractivity contribution < 1.29 is 42.5 Å². The molecule has 0 radical (unpaired) electrons. The fraction of sp³-hybridized carbons (Fsp3) is 0.581. The summed E-state index contributed by atoms with van der Waals surface area (Å²) in [4.78, 5) is 46.5. The van der Waals surface area contributed by atoms with Crippen molar-refractivity contribution in [1.82, 2.24) is 15.3 Å². The molecule has 44 heavy (non-hydrogen) atoms. The van der Waals surface area contributed by atoms with Crippen molar-refractivity contribution in [3.8, 4) is 5.75 Å². The number of amides is 1. The van der Waals surface area contributed by atoms with E-state index < -0.39 is 35.7 Å². The number of hydrogen-bond acceptors (Lipinski definition) is 8. The highest BCUT2D eigenvalue weighted by atomic mass is 19.4. The predicted molar refractivity (Wildman–Crippen MR) is 154 cm³/mol. The maximum atomic E-state index is 13.0. The number of nitrogens with zero attached hydrogens (tertiary/aromatic N) is 3. The van der Waals surface area contributed by atoms with Crippen LogP contribution in [0, 0.1) is 12.8 Å². The quantitative estimate of drug-likeness (QED) is 0.317. The molecule has 2 aliphatic rings. The Morgan fingerprint density at radius 1 is 1.09 bits per heavy atom. The van der Waals surface area contributed by atoms with Crippen LogP contribution in [0.15, 0.2) is 24.3 Å². The van der Waals surface area contributed by atoms with Crippen molar-refractivity contribution in [3.05, 3.63) is 47.0 Å². The number of carboxylic acids is 1. The molecule has 1 aromatic heterocycles. The Hall–Kier alpha value is -3.90. The van der Waals surface area contributed by atoms with E-state index in [-0.39, 0.29) is 35.9 Å². The molecule has 2 fully saturated rings. The van der Waals surface area contributed by atoms with Crippen LogP contribution in [0.1, 0.15) is 85.9 Å². The van der Waals surface area contributed by atoms with Crippen molar-refractivity contribution in [1.29, 1.82) is 0 Å². The van der Waals surface area contributed by atoms with Gasteiger partial charge in [-0.15, -0.1) is 0 Å². The normalized spacial score (nSPS) is 18.0. The molecular formula is C31H39F3N4O6. The third-order valence-corrected chi connectivity index (χ3v) is 8.55. The Labute approximate surface area is 254 Å². The minimum absolute atomic E-state index is 0.179. The van der Waals surface area contributed by atoms with Crippen LogP contribution < -0.4 is 10.2 Å². The van der Waals surface area contributed by atoms with E-state index in [0.29, 0.717) is 37.9 Å². The van der Waals surface area contributed by atoms with Gasteiger partial charge in [0.15, 0.2) is 11.4 Å². The lowest BCUT2D eigenvalue weighted by Gasteiger charge is -2.37. The number of aryl methyl sites for hydroxylation is 1. The number of aromatic hydroxyl groups is 1. The summed E-state index contributed by atoms with van der Waals surface area (Å²) in [5, 5.41) is 22.0. The highest BCUT2D eigenvalue weighted by molar-refractivity contribution is 5.97. The van der Waals surface area contributed by atoms with Crippen LogP contribution in [0.25, 0.3) is 0 Å². The third kappa shape index (κ3) is 8.17. The highest BCUT2D eigenvalue weighted by Gasteiger charge is 2.47. The number of aromatic nitrogens is 2. The molecule has 0 bridgehead atoms. The highest BCUT2D eigenvalue weighted by Crippen LogP contribution is 2.37.